The van der Waals surface area contributed by atoms with Gasteiger partial charge in [0.15, 0.2) is 0 Å². The van der Waals surface area contributed by atoms with Gasteiger partial charge >= 0.3 is 6.18 Å². The number of nitrogens with one attached hydrogen (secondary N) is 1. The van der Waals surface area contributed by atoms with Crippen molar-refractivity contribution < 1.29 is 21.6 Å². The van der Waals surface area contributed by atoms with Crippen LogP contribution < -0.4 is 4.72 Å². The predicted octanol–water partition coefficient (Wildman–Crippen LogP) is 1.01. The smallest absolute Gasteiger partial charge is 0.198 e. The van der Waals surface area contributed by atoms with Crippen LogP contribution in [0.4, 0.5) is 13.2 Å². The van der Waals surface area contributed by atoms with Crippen LogP contribution in [-0.4, -0.2) is 38.5 Å². The van der Waals surface area contributed by atoms with Gasteiger partial charge in [-0.3, -0.25) is 0 Å². The van der Waals surface area contributed by atoms with Crippen LogP contribution in [0.15, 0.2) is 0 Å². The van der Waals surface area contributed by atoms with E-state index in [-0.39, 0.29) is 13.1 Å². The molecule has 1 N–H and O–H groups in total. The largest absolute Gasteiger partial charge is 0.402 e. The zero-order chi connectivity index (χ0) is 14.0. The number of nitrogens with zero attached hydrogens (tertiary/aromatic N) is 2. The molecule has 0 aliphatic carbocycles. The average Bonchev–Trinajstić information content (AvgIpc) is 2.26. The summed E-state index contributed by atoms with van der Waals surface area (Å²) in [6.45, 7) is 0.232. The van der Waals surface area contributed by atoms with Crippen molar-refractivity contribution >= 4 is 10.2 Å². The number of hydrogen-bond donors (Lipinski definition) is 1. The van der Waals surface area contributed by atoms with Gasteiger partial charge in [0.1, 0.15) is 6.54 Å². The Morgan fingerprint density at radius 2 is 1.89 bits per heavy atom. The first-order chi connectivity index (χ1) is 8.08. The highest BCUT2D eigenvalue weighted by Crippen LogP contribution is 2.30. The zero-order valence-corrected chi connectivity index (χ0v) is 10.6. The number of halogens is 3. The molecule has 0 radical (unpaired) electrons. The molecule has 0 spiro atoms. The van der Waals surface area contributed by atoms with Crippen molar-refractivity contribution in [2.24, 2.45) is 5.41 Å². The summed E-state index contributed by atoms with van der Waals surface area (Å²) in [6.07, 6.45) is -3.95. The Labute approximate surface area is 104 Å². The molecule has 104 valence electrons. The topological polar surface area (TPSA) is 73.2 Å². The molecule has 0 aromatic heterocycles. The number of alkyl halides is 3. The van der Waals surface area contributed by atoms with E-state index in [0.29, 0.717) is 12.8 Å². The van der Waals surface area contributed by atoms with Gasteiger partial charge in [-0.25, -0.2) is 0 Å². The van der Waals surface area contributed by atoms with Crippen LogP contribution >= 0.6 is 0 Å². The van der Waals surface area contributed by atoms with Gasteiger partial charge in [-0.2, -0.15) is 35.9 Å². The number of nitriles is 1. The zero-order valence-electron chi connectivity index (χ0n) is 9.79. The Morgan fingerprint density at radius 1 is 1.39 bits per heavy atom. The summed E-state index contributed by atoms with van der Waals surface area (Å²) >= 11 is 0. The molecule has 1 rings (SSSR count). The van der Waals surface area contributed by atoms with Crippen LogP contribution in [0.25, 0.3) is 0 Å². The molecule has 1 fully saturated rings. The van der Waals surface area contributed by atoms with Crippen LogP contribution in [0.1, 0.15) is 19.8 Å². The van der Waals surface area contributed by atoms with Crippen molar-refractivity contribution in [3.63, 3.8) is 0 Å². The summed E-state index contributed by atoms with van der Waals surface area (Å²) in [5, 5.41) is 8.87. The molecule has 0 amide bonds. The molecule has 0 bridgehead atoms. The normalized spacial score (nSPS) is 21.5. The lowest BCUT2D eigenvalue weighted by Crippen LogP contribution is -2.48. The van der Waals surface area contributed by atoms with Gasteiger partial charge in [-0.05, 0) is 19.8 Å². The molecule has 0 unspecified atom stereocenters. The molecule has 1 saturated heterocycles. The third-order valence-electron chi connectivity index (χ3n) is 2.89. The number of hydrogen-bond acceptors (Lipinski definition) is 3. The van der Waals surface area contributed by atoms with Crippen molar-refractivity contribution in [2.45, 2.75) is 25.9 Å². The summed E-state index contributed by atoms with van der Waals surface area (Å²) in [5.41, 5.74) is -0.601. The lowest BCUT2D eigenvalue weighted by atomic mass is 9.83. The maximum absolute atomic E-state index is 11.9. The van der Waals surface area contributed by atoms with E-state index < -0.39 is 28.3 Å². The Kier molecular flexibility index (Phi) is 4.25. The average molecular weight is 285 g/mol. The van der Waals surface area contributed by atoms with Crippen LogP contribution in [0, 0.1) is 16.7 Å². The fourth-order valence-electron chi connectivity index (χ4n) is 1.60. The van der Waals surface area contributed by atoms with Crippen LogP contribution in [0.2, 0.25) is 0 Å². The third kappa shape index (κ3) is 4.12. The van der Waals surface area contributed by atoms with Gasteiger partial charge in [0.2, 0.25) is 0 Å². The quantitative estimate of drug-likeness (QED) is 0.841. The molecule has 0 saturated carbocycles. The minimum atomic E-state index is -4.58. The van der Waals surface area contributed by atoms with Crippen molar-refractivity contribution in [1.82, 2.24) is 9.03 Å². The van der Waals surface area contributed by atoms with E-state index >= 15 is 0 Å². The SMILES string of the molecule is CC1(C#N)CCN(S(=O)(=O)NCC(F)(F)F)CC1. The van der Waals surface area contributed by atoms with Crippen molar-refractivity contribution in [2.75, 3.05) is 19.6 Å². The van der Waals surface area contributed by atoms with E-state index in [9.17, 15) is 21.6 Å². The molecule has 18 heavy (non-hydrogen) atoms. The monoisotopic (exact) mass is 285 g/mol. The van der Waals surface area contributed by atoms with E-state index in [2.05, 4.69) is 6.07 Å². The van der Waals surface area contributed by atoms with Gasteiger partial charge in [0.05, 0.1) is 11.5 Å². The summed E-state index contributed by atoms with van der Waals surface area (Å²) in [6, 6.07) is 2.09. The molecule has 1 aliphatic heterocycles. The highest BCUT2D eigenvalue weighted by atomic mass is 32.2. The first kappa shape index (κ1) is 15.2. The maximum atomic E-state index is 11.9. The maximum Gasteiger partial charge on any atom is 0.402 e. The van der Waals surface area contributed by atoms with Crippen molar-refractivity contribution in [1.29, 1.82) is 5.26 Å². The molecule has 9 heteroatoms. The molecule has 0 atom stereocenters. The Balaban J connectivity index is 2.59. The summed E-state index contributed by atoms with van der Waals surface area (Å²) in [7, 11) is -4.12. The Bertz CT molecular complexity index is 433. The second-order valence-corrected chi connectivity index (χ2v) is 6.27. The third-order valence-corrected chi connectivity index (χ3v) is 4.44. The highest BCUT2D eigenvalue weighted by molar-refractivity contribution is 7.87. The molecule has 0 aromatic rings. The lowest BCUT2D eigenvalue weighted by Gasteiger charge is -2.34. The van der Waals surface area contributed by atoms with E-state index in [1.165, 1.54) is 4.72 Å². The first-order valence-electron chi connectivity index (χ1n) is 5.31. The van der Waals surface area contributed by atoms with Crippen LogP contribution in [-0.2, 0) is 10.2 Å². The summed E-state index contributed by atoms with van der Waals surface area (Å²) < 4.78 is 61.4. The standard InChI is InChI=1S/C9H14F3N3O2S/c1-8(6-13)2-4-15(5-3-8)18(16,17)14-7-9(10,11)12/h14H,2-5,7H2,1H3. The van der Waals surface area contributed by atoms with Gasteiger partial charge < -0.3 is 0 Å². The van der Waals surface area contributed by atoms with E-state index in [1.807, 2.05) is 0 Å². The van der Waals surface area contributed by atoms with Gasteiger partial charge in [0.25, 0.3) is 10.2 Å². The van der Waals surface area contributed by atoms with Gasteiger partial charge in [-0.1, -0.05) is 0 Å². The van der Waals surface area contributed by atoms with E-state index in [4.69, 9.17) is 5.26 Å². The molecular formula is C9H14F3N3O2S. The fourth-order valence-corrected chi connectivity index (χ4v) is 2.79. The second-order valence-electron chi connectivity index (χ2n) is 4.51. The van der Waals surface area contributed by atoms with Crippen molar-refractivity contribution in [3.05, 3.63) is 0 Å². The second kappa shape index (κ2) is 5.03. The van der Waals surface area contributed by atoms with Gasteiger partial charge in [-0.15, -0.1) is 0 Å². The number of rotatable bonds is 3. The van der Waals surface area contributed by atoms with Crippen LogP contribution in [0.3, 0.4) is 0 Å². The molecule has 5 nitrogen and oxygen atoms in total. The minimum Gasteiger partial charge on any atom is -0.198 e. The first-order valence-corrected chi connectivity index (χ1v) is 6.75. The summed E-state index contributed by atoms with van der Waals surface area (Å²) in [4.78, 5) is 0. The van der Waals surface area contributed by atoms with Crippen LogP contribution in [0.5, 0.6) is 0 Å². The predicted molar refractivity (Wildman–Crippen MR) is 57.5 cm³/mol. The molecule has 1 aliphatic rings. The highest BCUT2D eigenvalue weighted by Gasteiger charge is 2.36. The Hall–Kier alpha value is -0.850. The van der Waals surface area contributed by atoms with E-state index in [1.54, 1.807) is 6.92 Å². The number of piperidine rings is 1. The molecule has 0 aromatic carbocycles. The molecular weight excluding hydrogens is 271 g/mol. The van der Waals surface area contributed by atoms with Gasteiger partial charge in [0, 0.05) is 13.1 Å². The fraction of sp³-hybridized carbons (Fsp3) is 0.889. The lowest BCUT2D eigenvalue weighted by molar-refractivity contribution is -0.121. The van der Waals surface area contributed by atoms with E-state index in [0.717, 1.165) is 4.31 Å². The summed E-state index contributed by atoms with van der Waals surface area (Å²) in [5.74, 6) is 0. The Morgan fingerprint density at radius 3 is 2.28 bits per heavy atom. The molecule has 1 heterocycles. The van der Waals surface area contributed by atoms with Crippen molar-refractivity contribution in [3.8, 4) is 6.07 Å². The minimum absolute atomic E-state index is 0.0528.